The van der Waals surface area contributed by atoms with Crippen molar-refractivity contribution in [2.24, 2.45) is 5.73 Å². The zero-order valence-corrected chi connectivity index (χ0v) is 11.8. The number of rotatable bonds is 5. The highest BCUT2D eigenvalue weighted by Gasteiger charge is 2.23. The summed E-state index contributed by atoms with van der Waals surface area (Å²) in [6.07, 6.45) is 0. The molecule has 7 nitrogen and oxygen atoms in total. The summed E-state index contributed by atoms with van der Waals surface area (Å²) in [7, 11) is 0. The van der Waals surface area contributed by atoms with Crippen LogP contribution in [-0.4, -0.2) is 34.2 Å². The molecule has 0 aliphatic rings. The Morgan fingerprint density at radius 3 is 2.50 bits per heavy atom. The largest absolute Gasteiger partial charge is 0.368 e. The maximum atomic E-state index is 12.3. The summed E-state index contributed by atoms with van der Waals surface area (Å²) in [5.74, 6) is -1.17. The van der Waals surface area contributed by atoms with Crippen LogP contribution in [0.4, 0.5) is 5.69 Å². The molecule has 0 fully saturated rings. The fourth-order valence-electron chi connectivity index (χ4n) is 1.61. The lowest BCUT2D eigenvalue weighted by molar-refractivity contribution is -0.384. The number of carbonyl (C=O) groups is 2. The number of amides is 2. The first-order chi connectivity index (χ1) is 9.23. The van der Waals surface area contributed by atoms with Gasteiger partial charge in [-0.05, 0) is 26.0 Å². The van der Waals surface area contributed by atoms with Gasteiger partial charge >= 0.3 is 0 Å². The highest BCUT2D eigenvalue weighted by atomic mass is 35.5. The maximum Gasteiger partial charge on any atom is 0.288 e. The lowest BCUT2D eigenvalue weighted by Crippen LogP contribution is -2.42. The molecule has 2 amide bonds. The van der Waals surface area contributed by atoms with E-state index >= 15 is 0 Å². The lowest BCUT2D eigenvalue weighted by atomic mass is 10.1. The SMILES string of the molecule is CC(C)N(CC(N)=O)C(=O)c1ccc(Cl)c([N+](=O)[O-])c1. The van der Waals surface area contributed by atoms with E-state index in [-0.39, 0.29) is 28.9 Å². The van der Waals surface area contributed by atoms with E-state index in [1.807, 2.05) is 0 Å². The van der Waals surface area contributed by atoms with E-state index in [1.54, 1.807) is 13.8 Å². The molecule has 8 heteroatoms. The van der Waals surface area contributed by atoms with E-state index in [0.29, 0.717) is 0 Å². The molecule has 0 unspecified atom stereocenters. The Kier molecular flexibility index (Phi) is 5.04. The van der Waals surface area contributed by atoms with Gasteiger partial charge in [-0.1, -0.05) is 11.6 Å². The van der Waals surface area contributed by atoms with Gasteiger partial charge in [-0.15, -0.1) is 0 Å². The van der Waals surface area contributed by atoms with Crippen molar-refractivity contribution in [1.82, 2.24) is 4.90 Å². The molecule has 0 atom stereocenters. The Morgan fingerprint density at radius 2 is 2.05 bits per heavy atom. The van der Waals surface area contributed by atoms with Gasteiger partial charge < -0.3 is 10.6 Å². The third-order valence-corrected chi connectivity index (χ3v) is 2.92. The second-order valence-corrected chi connectivity index (χ2v) is 4.82. The number of nitro benzene ring substituents is 1. The first kappa shape index (κ1) is 15.9. The fraction of sp³-hybridized carbons (Fsp3) is 0.333. The van der Waals surface area contributed by atoms with Crippen molar-refractivity contribution in [1.29, 1.82) is 0 Å². The summed E-state index contributed by atoms with van der Waals surface area (Å²) in [5.41, 5.74) is 4.81. The van der Waals surface area contributed by atoms with E-state index in [1.165, 1.54) is 17.0 Å². The summed E-state index contributed by atoms with van der Waals surface area (Å²) in [6.45, 7) is 3.17. The number of hydrogen-bond acceptors (Lipinski definition) is 4. The topological polar surface area (TPSA) is 107 Å². The van der Waals surface area contributed by atoms with Gasteiger partial charge in [0.15, 0.2) is 0 Å². The molecular formula is C12H14ClN3O4. The predicted molar refractivity (Wildman–Crippen MR) is 73.5 cm³/mol. The molecule has 0 radical (unpaired) electrons. The van der Waals surface area contributed by atoms with Gasteiger partial charge in [0.25, 0.3) is 11.6 Å². The molecule has 0 aliphatic heterocycles. The smallest absolute Gasteiger partial charge is 0.288 e. The third-order valence-electron chi connectivity index (χ3n) is 2.60. The Labute approximate surface area is 120 Å². The second kappa shape index (κ2) is 6.33. The number of halogens is 1. The highest BCUT2D eigenvalue weighted by Crippen LogP contribution is 2.25. The van der Waals surface area contributed by atoms with Crippen LogP contribution in [0.3, 0.4) is 0 Å². The van der Waals surface area contributed by atoms with Crippen LogP contribution in [-0.2, 0) is 4.79 Å². The lowest BCUT2D eigenvalue weighted by Gasteiger charge is -2.25. The minimum Gasteiger partial charge on any atom is -0.368 e. The molecule has 20 heavy (non-hydrogen) atoms. The molecule has 0 aromatic heterocycles. The molecule has 0 saturated carbocycles. The zero-order valence-electron chi connectivity index (χ0n) is 11.0. The summed E-state index contributed by atoms with van der Waals surface area (Å²) < 4.78 is 0. The van der Waals surface area contributed by atoms with E-state index in [9.17, 15) is 19.7 Å². The van der Waals surface area contributed by atoms with Gasteiger partial charge in [0.05, 0.1) is 11.5 Å². The van der Waals surface area contributed by atoms with Crippen molar-refractivity contribution in [3.63, 3.8) is 0 Å². The quantitative estimate of drug-likeness (QED) is 0.658. The standard InChI is InChI=1S/C12H14ClN3O4/c1-7(2)15(6-11(14)17)12(18)8-3-4-9(13)10(5-8)16(19)20/h3-5,7H,6H2,1-2H3,(H2,14,17). The first-order valence-electron chi connectivity index (χ1n) is 5.77. The minimum atomic E-state index is -0.674. The Morgan fingerprint density at radius 1 is 1.45 bits per heavy atom. The van der Waals surface area contributed by atoms with Gasteiger partial charge in [-0.2, -0.15) is 0 Å². The fourth-order valence-corrected chi connectivity index (χ4v) is 1.79. The normalized spacial score (nSPS) is 10.4. The number of benzene rings is 1. The van der Waals surface area contributed by atoms with Crippen LogP contribution in [0, 0.1) is 10.1 Å². The summed E-state index contributed by atoms with van der Waals surface area (Å²) >= 11 is 5.68. The molecule has 1 aromatic rings. The number of primary amides is 1. The maximum absolute atomic E-state index is 12.3. The van der Waals surface area contributed by atoms with Crippen molar-refractivity contribution < 1.29 is 14.5 Å². The van der Waals surface area contributed by atoms with E-state index in [2.05, 4.69) is 0 Å². The number of nitrogens with zero attached hydrogens (tertiary/aromatic N) is 2. The average molecular weight is 300 g/mol. The number of carbonyl (C=O) groups excluding carboxylic acids is 2. The Hall–Kier alpha value is -2.15. The van der Waals surface area contributed by atoms with Gasteiger partial charge in [-0.25, -0.2) is 0 Å². The molecule has 0 bridgehead atoms. The molecule has 1 aromatic carbocycles. The second-order valence-electron chi connectivity index (χ2n) is 4.42. The van der Waals surface area contributed by atoms with Gasteiger partial charge in [0, 0.05) is 17.7 Å². The van der Waals surface area contributed by atoms with Crippen molar-refractivity contribution in [3.05, 3.63) is 38.9 Å². The van der Waals surface area contributed by atoms with Crippen molar-refractivity contribution in [3.8, 4) is 0 Å². The van der Waals surface area contributed by atoms with Gasteiger partial charge in [0.2, 0.25) is 5.91 Å². The molecule has 108 valence electrons. The molecule has 0 aliphatic carbocycles. The van der Waals surface area contributed by atoms with Crippen LogP contribution in [0.1, 0.15) is 24.2 Å². The summed E-state index contributed by atoms with van der Waals surface area (Å²) in [6, 6.07) is 3.45. The van der Waals surface area contributed by atoms with Gasteiger partial charge in [-0.3, -0.25) is 19.7 Å². The van der Waals surface area contributed by atoms with Crippen LogP contribution < -0.4 is 5.73 Å². The van der Waals surface area contributed by atoms with Crippen molar-refractivity contribution in [2.75, 3.05) is 6.54 Å². The Bertz CT molecular complexity index is 560. The molecule has 0 spiro atoms. The zero-order chi connectivity index (χ0) is 15.4. The van der Waals surface area contributed by atoms with E-state index in [0.717, 1.165) is 6.07 Å². The monoisotopic (exact) mass is 299 g/mol. The third kappa shape index (κ3) is 3.67. The van der Waals surface area contributed by atoms with Crippen LogP contribution in [0.15, 0.2) is 18.2 Å². The molecule has 1 rings (SSSR count). The van der Waals surface area contributed by atoms with Crippen molar-refractivity contribution >= 4 is 29.1 Å². The minimum absolute atomic E-state index is 0.0578. The first-order valence-corrected chi connectivity index (χ1v) is 6.15. The van der Waals surface area contributed by atoms with Gasteiger partial charge in [0.1, 0.15) is 5.02 Å². The predicted octanol–water partition coefficient (Wildman–Crippen LogP) is 1.58. The van der Waals surface area contributed by atoms with Crippen molar-refractivity contribution in [2.45, 2.75) is 19.9 Å². The van der Waals surface area contributed by atoms with Crippen LogP contribution in [0.25, 0.3) is 0 Å². The number of hydrogen-bond donors (Lipinski definition) is 1. The van der Waals surface area contributed by atoms with Crippen LogP contribution in [0.2, 0.25) is 5.02 Å². The Balaban J connectivity index is 3.15. The van der Waals surface area contributed by atoms with Crippen LogP contribution >= 0.6 is 11.6 Å². The number of nitrogens with two attached hydrogens (primary N) is 1. The molecule has 0 heterocycles. The molecule has 2 N–H and O–H groups in total. The van der Waals surface area contributed by atoms with E-state index in [4.69, 9.17) is 17.3 Å². The number of nitro groups is 1. The highest BCUT2D eigenvalue weighted by molar-refractivity contribution is 6.32. The van der Waals surface area contributed by atoms with E-state index < -0.39 is 16.7 Å². The average Bonchev–Trinajstić information content (AvgIpc) is 2.34. The molecule has 0 saturated heterocycles. The molecular weight excluding hydrogens is 286 g/mol. The van der Waals surface area contributed by atoms with Crippen LogP contribution in [0.5, 0.6) is 0 Å². The summed E-state index contributed by atoms with van der Waals surface area (Å²) in [4.78, 5) is 34.6. The summed E-state index contributed by atoms with van der Waals surface area (Å²) in [5, 5.41) is 10.7.